The summed E-state index contributed by atoms with van der Waals surface area (Å²) in [4.78, 5) is 13.4. The Hall–Kier alpha value is -1.38. The molecule has 25 heavy (non-hydrogen) atoms. The van der Waals surface area contributed by atoms with Crippen LogP contribution in [-0.4, -0.2) is 71.4 Å². The number of nitrogens with zero attached hydrogens (tertiary/aromatic N) is 4. The van der Waals surface area contributed by atoms with Crippen molar-refractivity contribution in [3.05, 3.63) is 46.7 Å². The van der Waals surface area contributed by atoms with Crippen LogP contribution in [0.5, 0.6) is 0 Å². The molecule has 2 aliphatic rings. The largest absolute Gasteiger partial charge is 0.377 e. The van der Waals surface area contributed by atoms with Gasteiger partial charge >= 0.3 is 0 Å². The van der Waals surface area contributed by atoms with E-state index in [1.165, 1.54) is 10.6 Å². The van der Waals surface area contributed by atoms with Crippen molar-refractivity contribution in [2.45, 2.75) is 18.7 Å². The van der Waals surface area contributed by atoms with Crippen LogP contribution >= 0.6 is 11.3 Å². The minimum absolute atomic E-state index is 0.251. The highest BCUT2D eigenvalue weighted by Crippen LogP contribution is 2.25. The van der Waals surface area contributed by atoms with Crippen molar-refractivity contribution in [3.63, 3.8) is 0 Å². The lowest BCUT2D eigenvalue weighted by atomic mass is 10.0. The molecule has 0 unspecified atom stereocenters. The number of rotatable bonds is 4. The maximum Gasteiger partial charge on any atom is 0.117 e. The number of hydrogen-bond acceptors (Lipinski definition) is 7. The lowest BCUT2D eigenvalue weighted by molar-refractivity contribution is -0.143. The molecule has 0 aliphatic carbocycles. The number of morpholine rings is 1. The molecule has 0 radical (unpaired) electrons. The Balaban J connectivity index is 1.43. The molecule has 1 spiro atoms. The molecule has 2 aromatic heterocycles. The first-order valence-electron chi connectivity index (χ1n) is 8.75. The molecule has 0 amide bonds. The fraction of sp³-hybridized carbons (Fsp3) is 0.556. The van der Waals surface area contributed by atoms with Crippen LogP contribution in [0.4, 0.5) is 0 Å². The van der Waals surface area contributed by atoms with Gasteiger partial charge in [-0.1, -0.05) is 0 Å². The zero-order valence-electron chi connectivity index (χ0n) is 14.3. The summed E-state index contributed by atoms with van der Waals surface area (Å²) in [5.74, 6) is 0. The van der Waals surface area contributed by atoms with E-state index in [1.807, 2.05) is 24.0 Å². The molecule has 2 fully saturated rings. The zero-order valence-corrected chi connectivity index (χ0v) is 15.2. The van der Waals surface area contributed by atoms with Crippen molar-refractivity contribution < 1.29 is 9.47 Å². The normalized spacial score (nSPS) is 25.9. The maximum absolute atomic E-state index is 6.27. The summed E-state index contributed by atoms with van der Waals surface area (Å²) in [5, 5.41) is 3.21. The van der Waals surface area contributed by atoms with Crippen molar-refractivity contribution in [2.75, 3.05) is 46.0 Å². The lowest BCUT2D eigenvalue weighted by Crippen LogP contribution is -2.58. The smallest absolute Gasteiger partial charge is 0.117 e. The number of thiazole rings is 1. The molecule has 4 rings (SSSR count). The molecule has 0 saturated carbocycles. The SMILES string of the molecule is c1cc(CN2CCOC[C@]3(C2)CN(Cc2nccs2)CCO3)ccn1. The second kappa shape index (κ2) is 7.88. The maximum atomic E-state index is 6.27. The van der Waals surface area contributed by atoms with Crippen LogP contribution in [0.15, 0.2) is 36.1 Å². The number of pyridine rings is 1. The Kier molecular flexibility index (Phi) is 5.38. The van der Waals surface area contributed by atoms with Crippen LogP contribution in [0.2, 0.25) is 0 Å². The predicted molar refractivity (Wildman–Crippen MR) is 96.4 cm³/mol. The van der Waals surface area contributed by atoms with Gasteiger partial charge in [-0.2, -0.15) is 0 Å². The highest BCUT2D eigenvalue weighted by Gasteiger charge is 2.40. The van der Waals surface area contributed by atoms with Gasteiger partial charge in [0.25, 0.3) is 0 Å². The molecule has 7 heteroatoms. The third-order valence-corrected chi connectivity index (χ3v) is 5.52. The molecule has 1 atom stereocenters. The number of ether oxygens (including phenoxy) is 2. The first-order chi connectivity index (χ1) is 12.3. The zero-order chi connectivity index (χ0) is 17.0. The Labute approximate surface area is 152 Å². The number of hydrogen-bond donors (Lipinski definition) is 0. The third-order valence-electron chi connectivity index (χ3n) is 4.75. The Morgan fingerprint density at radius 3 is 2.64 bits per heavy atom. The van der Waals surface area contributed by atoms with E-state index in [1.54, 1.807) is 11.3 Å². The average molecular weight is 360 g/mol. The summed E-state index contributed by atoms with van der Waals surface area (Å²) in [7, 11) is 0. The second-order valence-electron chi connectivity index (χ2n) is 6.79. The van der Waals surface area contributed by atoms with Gasteiger partial charge in [0, 0.05) is 56.7 Å². The molecular weight excluding hydrogens is 336 g/mol. The van der Waals surface area contributed by atoms with Crippen molar-refractivity contribution in [1.29, 1.82) is 0 Å². The third kappa shape index (κ3) is 4.43. The fourth-order valence-corrected chi connectivity index (χ4v) is 4.29. The number of aromatic nitrogens is 2. The van der Waals surface area contributed by atoms with Crippen LogP contribution in [-0.2, 0) is 22.6 Å². The average Bonchev–Trinajstić information content (AvgIpc) is 3.05. The molecule has 0 bridgehead atoms. The van der Waals surface area contributed by atoms with E-state index in [9.17, 15) is 0 Å². The summed E-state index contributed by atoms with van der Waals surface area (Å²) in [5.41, 5.74) is 1.03. The minimum atomic E-state index is -0.251. The Morgan fingerprint density at radius 2 is 1.84 bits per heavy atom. The van der Waals surface area contributed by atoms with Crippen molar-refractivity contribution in [1.82, 2.24) is 19.8 Å². The fourth-order valence-electron chi connectivity index (χ4n) is 3.63. The highest BCUT2D eigenvalue weighted by molar-refractivity contribution is 7.09. The van der Waals surface area contributed by atoms with Gasteiger partial charge in [0.15, 0.2) is 0 Å². The second-order valence-corrected chi connectivity index (χ2v) is 7.77. The molecule has 2 saturated heterocycles. The van der Waals surface area contributed by atoms with E-state index >= 15 is 0 Å². The van der Waals surface area contributed by atoms with Gasteiger partial charge in [-0.25, -0.2) is 4.98 Å². The van der Waals surface area contributed by atoms with Crippen LogP contribution in [0, 0.1) is 0 Å². The molecule has 4 heterocycles. The van der Waals surface area contributed by atoms with Gasteiger partial charge in [0.1, 0.15) is 10.6 Å². The Bertz CT molecular complexity index is 654. The molecule has 134 valence electrons. The van der Waals surface area contributed by atoms with E-state index in [0.717, 1.165) is 52.5 Å². The molecule has 6 nitrogen and oxygen atoms in total. The summed E-state index contributed by atoms with van der Waals surface area (Å²) in [6, 6.07) is 4.16. The van der Waals surface area contributed by atoms with Crippen LogP contribution < -0.4 is 0 Å². The highest BCUT2D eigenvalue weighted by atomic mass is 32.1. The van der Waals surface area contributed by atoms with Crippen LogP contribution in [0.1, 0.15) is 10.6 Å². The lowest BCUT2D eigenvalue weighted by Gasteiger charge is -2.43. The Morgan fingerprint density at radius 1 is 1.04 bits per heavy atom. The summed E-state index contributed by atoms with van der Waals surface area (Å²) in [6.45, 7) is 7.63. The van der Waals surface area contributed by atoms with Gasteiger partial charge in [0.05, 0.1) is 26.4 Å². The quantitative estimate of drug-likeness (QED) is 0.826. The van der Waals surface area contributed by atoms with E-state index < -0.39 is 0 Å². The van der Waals surface area contributed by atoms with Crippen molar-refractivity contribution in [3.8, 4) is 0 Å². The first-order valence-corrected chi connectivity index (χ1v) is 9.63. The van der Waals surface area contributed by atoms with Crippen molar-refractivity contribution in [2.24, 2.45) is 0 Å². The van der Waals surface area contributed by atoms with E-state index in [4.69, 9.17) is 9.47 Å². The van der Waals surface area contributed by atoms with E-state index in [2.05, 4.69) is 31.9 Å². The monoisotopic (exact) mass is 360 g/mol. The summed E-state index contributed by atoms with van der Waals surface area (Å²) < 4.78 is 12.2. The summed E-state index contributed by atoms with van der Waals surface area (Å²) >= 11 is 1.72. The predicted octanol–water partition coefficient (Wildman–Crippen LogP) is 1.64. The van der Waals surface area contributed by atoms with E-state index in [-0.39, 0.29) is 5.60 Å². The molecule has 2 aliphatic heterocycles. The van der Waals surface area contributed by atoms with Gasteiger partial charge < -0.3 is 9.47 Å². The van der Waals surface area contributed by atoms with Gasteiger partial charge in [0.2, 0.25) is 0 Å². The van der Waals surface area contributed by atoms with Gasteiger partial charge in [-0.3, -0.25) is 14.8 Å². The van der Waals surface area contributed by atoms with Crippen LogP contribution in [0.3, 0.4) is 0 Å². The molecule has 2 aromatic rings. The topological polar surface area (TPSA) is 50.7 Å². The summed E-state index contributed by atoms with van der Waals surface area (Å²) in [6.07, 6.45) is 5.58. The molecule has 0 aromatic carbocycles. The van der Waals surface area contributed by atoms with Crippen LogP contribution in [0.25, 0.3) is 0 Å². The van der Waals surface area contributed by atoms with Gasteiger partial charge in [-0.05, 0) is 17.7 Å². The molecular formula is C18H24N4O2S. The standard InChI is InChI=1S/C18H24N4O2S/c1-3-19-4-2-16(1)11-21-6-8-23-15-18(13-21)14-22(7-9-24-18)12-17-20-5-10-25-17/h1-5,10H,6-9,11-15H2/t18-/m0/s1. The minimum Gasteiger partial charge on any atom is -0.377 e. The first kappa shape index (κ1) is 17.1. The van der Waals surface area contributed by atoms with Gasteiger partial charge in [-0.15, -0.1) is 11.3 Å². The van der Waals surface area contributed by atoms with Crippen molar-refractivity contribution >= 4 is 11.3 Å². The van der Waals surface area contributed by atoms with E-state index in [0.29, 0.717) is 6.61 Å². The molecule has 0 N–H and O–H groups in total.